The lowest BCUT2D eigenvalue weighted by atomic mass is 9.92. The maximum atomic E-state index is 12.1. The van der Waals surface area contributed by atoms with E-state index in [-0.39, 0.29) is 17.4 Å². The summed E-state index contributed by atoms with van der Waals surface area (Å²) in [6, 6.07) is 9.32. The van der Waals surface area contributed by atoms with E-state index in [1.165, 1.54) is 0 Å². The fourth-order valence-corrected chi connectivity index (χ4v) is 2.21. The highest BCUT2D eigenvalue weighted by Gasteiger charge is 2.21. The van der Waals surface area contributed by atoms with Crippen LogP contribution in [0.1, 0.15) is 20.8 Å². The zero-order valence-electron chi connectivity index (χ0n) is 15.9. The van der Waals surface area contributed by atoms with E-state index in [4.69, 9.17) is 19.8 Å². The molecule has 26 heavy (non-hydrogen) atoms. The van der Waals surface area contributed by atoms with Gasteiger partial charge in [0.25, 0.3) is 0 Å². The number of aliphatic carboxylic acids is 2. The minimum atomic E-state index is -1.82. The summed E-state index contributed by atoms with van der Waals surface area (Å²) in [6.07, 6.45) is 0. The molecule has 0 spiro atoms. The van der Waals surface area contributed by atoms with Crippen molar-refractivity contribution in [3.05, 3.63) is 30.3 Å². The quantitative estimate of drug-likeness (QED) is 0.537. The molecule has 1 rings (SSSR count). The second-order valence-corrected chi connectivity index (χ2v) is 6.97. The van der Waals surface area contributed by atoms with Crippen LogP contribution in [0.4, 0.5) is 5.69 Å². The van der Waals surface area contributed by atoms with Gasteiger partial charge in [-0.2, -0.15) is 0 Å². The number of carbonyl (C=O) groups excluding carboxylic acids is 1. The Hall–Kier alpha value is -2.45. The summed E-state index contributed by atoms with van der Waals surface area (Å²) < 4.78 is 0. The van der Waals surface area contributed by atoms with Gasteiger partial charge < -0.3 is 25.7 Å². The molecular weight excluding hydrogens is 338 g/mol. The molecule has 0 aliphatic carbocycles. The Morgan fingerprint density at radius 1 is 1.08 bits per heavy atom. The first-order valence-electron chi connectivity index (χ1n) is 8.15. The van der Waals surface area contributed by atoms with Crippen molar-refractivity contribution >= 4 is 23.5 Å². The average molecular weight is 367 g/mol. The Morgan fingerprint density at radius 3 is 2.00 bits per heavy atom. The van der Waals surface area contributed by atoms with E-state index in [9.17, 15) is 4.79 Å². The molecule has 0 radical (unpaired) electrons. The molecule has 1 atom stereocenters. The van der Waals surface area contributed by atoms with Crippen LogP contribution in [0.2, 0.25) is 0 Å². The van der Waals surface area contributed by atoms with Crippen LogP contribution < -0.4 is 10.6 Å². The molecule has 4 N–H and O–H groups in total. The zero-order chi connectivity index (χ0) is 20.3. The highest BCUT2D eigenvalue weighted by molar-refractivity contribution is 6.27. The number of carbonyl (C=O) groups is 3. The van der Waals surface area contributed by atoms with Crippen molar-refractivity contribution in [2.75, 3.05) is 32.5 Å². The molecule has 146 valence electrons. The van der Waals surface area contributed by atoms with Gasteiger partial charge in [0.05, 0.1) is 6.04 Å². The van der Waals surface area contributed by atoms with Crippen LogP contribution in [0.3, 0.4) is 0 Å². The Labute approximate surface area is 154 Å². The highest BCUT2D eigenvalue weighted by atomic mass is 16.4. The molecule has 0 heterocycles. The molecule has 0 aromatic heterocycles. The third kappa shape index (κ3) is 11.2. The second-order valence-electron chi connectivity index (χ2n) is 6.97. The van der Waals surface area contributed by atoms with E-state index < -0.39 is 11.9 Å². The van der Waals surface area contributed by atoms with Gasteiger partial charge in [-0.25, -0.2) is 9.59 Å². The molecule has 1 aromatic carbocycles. The monoisotopic (exact) mass is 367 g/mol. The summed E-state index contributed by atoms with van der Waals surface area (Å²) in [4.78, 5) is 32.4. The molecule has 0 fully saturated rings. The number of para-hydroxylation sites is 1. The summed E-state index contributed by atoms with van der Waals surface area (Å²) in [5.41, 5.74) is 0.962. The fraction of sp³-hybridized carbons (Fsp3) is 0.500. The zero-order valence-corrected chi connectivity index (χ0v) is 15.9. The first-order valence-corrected chi connectivity index (χ1v) is 8.15. The van der Waals surface area contributed by atoms with E-state index in [1.807, 2.05) is 37.3 Å². The predicted octanol–water partition coefficient (Wildman–Crippen LogP) is 1.35. The van der Waals surface area contributed by atoms with Crippen LogP contribution in [-0.4, -0.2) is 66.2 Å². The third-order valence-corrected chi connectivity index (χ3v) is 3.25. The molecule has 1 unspecified atom stereocenters. The Bertz CT molecular complexity index is 576. The van der Waals surface area contributed by atoms with Crippen molar-refractivity contribution in [2.45, 2.75) is 26.8 Å². The maximum absolute atomic E-state index is 12.1. The Balaban J connectivity index is 0.000000896. The second kappa shape index (κ2) is 11.2. The van der Waals surface area contributed by atoms with Gasteiger partial charge in [-0.3, -0.25) is 4.79 Å². The molecule has 0 aliphatic heterocycles. The lowest BCUT2D eigenvalue weighted by Crippen LogP contribution is -2.45. The molecule has 0 bridgehead atoms. The number of hydrogen-bond acceptors (Lipinski definition) is 5. The van der Waals surface area contributed by atoms with Crippen molar-refractivity contribution in [1.29, 1.82) is 0 Å². The highest BCUT2D eigenvalue weighted by Crippen LogP contribution is 2.14. The van der Waals surface area contributed by atoms with E-state index in [0.717, 1.165) is 18.8 Å². The van der Waals surface area contributed by atoms with Crippen molar-refractivity contribution < 1.29 is 24.6 Å². The van der Waals surface area contributed by atoms with Gasteiger partial charge in [0.1, 0.15) is 0 Å². The Morgan fingerprint density at radius 2 is 1.58 bits per heavy atom. The van der Waals surface area contributed by atoms with Crippen molar-refractivity contribution in [3.63, 3.8) is 0 Å². The number of rotatable bonds is 7. The van der Waals surface area contributed by atoms with Crippen LogP contribution in [-0.2, 0) is 14.4 Å². The summed E-state index contributed by atoms with van der Waals surface area (Å²) in [6.45, 7) is 8.06. The van der Waals surface area contributed by atoms with Gasteiger partial charge in [0, 0.05) is 18.8 Å². The number of amides is 1. The molecule has 0 aliphatic rings. The van der Waals surface area contributed by atoms with E-state index in [1.54, 1.807) is 0 Å². The first kappa shape index (κ1) is 23.5. The number of anilines is 1. The van der Waals surface area contributed by atoms with Gasteiger partial charge in [-0.15, -0.1) is 0 Å². The van der Waals surface area contributed by atoms with Gasteiger partial charge in [-0.1, -0.05) is 32.0 Å². The summed E-state index contributed by atoms with van der Waals surface area (Å²) in [5, 5.41) is 21.0. The lowest BCUT2D eigenvalue weighted by Gasteiger charge is -2.29. The molecule has 8 heteroatoms. The van der Waals surface area contributed by atoms with E-state index in [2.05, 4.69) is 43.5 Å². The molecular formula is C18H29N3O5. The van der Waals surface area contributed by atoms with Gasteiger partial charge >= 0.3 is 11.9 Å². The van der Waals surface area contributed by atoms with E-state index >= 15 is 0 Å². The van der Waals surface area contributed by atoms with Crippen molar-refractivity contribution in [3.8, 4) is 0 Å². The summed E-state index contributed by atoms with van der Waals surface area (Å²) in [7, 11) is 4.13. The minimum absolute atomic E-state index is 0.00291. The van der Waals surface area contributed by atoms with Crippen LogP contribution in [0.15, 0.2) is 30.3 Å². The standard InChI is InChI=1S/C16H27N3O.C2H2O4/c1-13(17-11-16(2,3)12-19(4)5)15(20)18-14-9-7-6-8-10-14;3-1(4)2(5)6/h6-10,13,17H,11-12H2,1-5H3,(H,18,20);(H,3,4)(H,5,6). The molecule has 0 saturated heterocycles. The van der Waals surface area contributed by atoms with Gasteiger partial charge in [-0.05, 0) is 38.6 Å². The fourth-order valence-electron chi connectivity index (χ4n) is 2.21. The molecule has 1 aromatic rings. The van der Waals surface area contributed by atoms with Crippen molar-refractivity contribution in [1.82, 2.24) is 10.2 Å². The predicted molar refractivity (Wildman–Crippen MR) is 100 cm³/mol. The summed E-state index contributed by atoms with van der Waals surface area (Å²) in [5.74, 6) is -3.65. The third-order valence-electron chi connectivity index (χ3n) is 3.25. The number of hydrogen-bond donors (Lipinski definition) is 4. The topological polar surface area (TPSA) is 119 Å². The van der Waals surface area contributed by atoms with Crippen molar-refractivity contribution in [2.24, 2.45) is 5.41 Å². The van der Waals surface area contributed by atoms with E-state index in [0.29, 0.717) is 0 Å². The normalized spacial score (nSPS) is 11.9. The van der Waals surface area contributed by atoms with Gasteiger partial charge in [0.15, 0.2) is 0 Å². The molecule has 8 nitrogen and oxygen atoms in total. The maximum Gasteiger partial charge on any atom is 0.414 e. The van der Waals surface area contributed by atoms with Crippen LogP contribution in [0, 0.1) is 5.41 Å². The Kier molecular flexibility index (Phi) is 10.2. The minimum Gasteiger partial charge on any atom is -0.473 e. The molecule has 0 saturated carbocycles. The largest absolute Gasteiger partial charge is 0.473 e. The van der Waals surface area contributed by atoms with Crippen LogP contribution >= 0.6 is 0 Å². The number of carboxylic acid groups (broad SMARTS) is 2. The average Bonchev–Trinajstić information content (AvgIpc) is 2.53. The number of benzene rings is 1. The number of carboxylic acids is 2. The van der Waals surface area contributed by atoms with Crippen LogP contribution in [0.5, 0.6) is 0 Å². The first-order chi connectivity index (χ1) is 11.9. The summed E-state index contributed by atoms with van der Waals surface area (Å²) >= 11 is 0. The SMILES string of the molecule is CC(NCC(C)(C)CN(C)C)C(=O)Nc1ccccc1.O=C(O)C(=O)O. The molecule has 1 amide bonds. The van der Waals surface area contributed by atoms with Gasteiger partial charge in [0.2, 0.25) is 5.91 Å². The number of nitrogens with one attached hydrogen (secondary N) is 2. The van der Waals surface area contributed by atoms with Crippen LogP contribution in [0.25, 0.3) is 0 Å². The lowest BCUT2D eigenvalue weighted by molar-refractivity contribution is -0.159. The smallest absolute Gasteiger partial charge is 0.414 e. The number of nitrogens with zero attached hydrogens (tertiary/aromatic N) is 1.